The Labute approximate surface area is 96.7 Å². The van der Waals surface area contributed by atoms with Gasteiger partial charge in [0.25, 0.3) is 0 Å². The fourth-order valence-corrected chi connectivity index (χ4v) is 2.14. The smallest absolute Gasteiger partial charge is 0.122 e. The monoisotopic (exact) mass is 227 g/mol. The van der Waals surface area contributed by atoms with Crippen molar-refractivity contribution < 1.29 is 0 Å². The molecule has 4 heteroatoms. The molecule has 0 saturated heterocycles. The zero-order chi connectivity index (χ0) is 11.1. The molecular weight excluding hydrogens is 206 g/mol. The molecule has 1 atom stereocenters. The minimum absolute atomic E-state index is 0.548. The molecular formula is C11H21N3S. The first-order valence-electron chi connectivity index (χ1n) is 5.50. The van der Waals surface area contributed by atoms with Crippen LogP contribution < -0.4 is 5.32 Å². The summed E-state index contributed by atoms with van der Waals surface area (Å²) < 4.78 is 2.22. The Morgan fingerprint density at radius 1 is 1.60 bits per heavy atom. The SMILES string of the molecule is CCCn1ccnc1CNC(C)CSC. The van der Waals surface area contributed by atoms with Crippen LogP contribution in [0.3, 0.4) is 0 Å². The van der Waals surface area contributed by atoms with Crippen molar-refractivity contribution in [1.82, 2.24) is 14.9 Å². The molecule has 0 aliphatic carbocycles. The largest absolute Gasteiger partial charge is 0.334 e. The molecule has 1 aromatic heterocycles. The standard InChI is InChI=1S/C11H21N3S/c1-4-6-14-7-5-12-11(14)8-13-10(2)9-15-3/h5,7,10,13H,4,6,8-9H2,1-3H3. The maximum atomic E-state index is 4.36. The first kappa shape index (κ1) is 12.6. The summed E-state index contributed by atoms with van der Waals surface area (Å²) in [5.74, 6) is 2.29. The number of imidazole rings is 1. The van der Waals surface area contributed by atoms with E-state index in [1.807, 2.05) is 18.0 Å². The predicted octanol–water partition coefficient (Wildman–Crippen LogP) is 2.13. The molecule has 86 valence electrons. The van der Waals surface area contributed by atoms with Crippen LogP contribution in [0.2, 0.25) is 0 Å². The lowest BCUT2D eigenvalue weighted by Gasteiger charge is -2.13. The Hall–Kier alpha value is -0.480. The molecule has 1 rings (SSSR count). The number of rotatable bonds is 7. The highest BCUT2D eigenvalue weighted by atomic mass is 32.2. The van der Waals surface area contributed by atoms with Crippen molar-refractivity contribution in [1.29, 1.82) is 0 Å². The number of aryl methyl sites for hydroxylation is 1. The van der Waals surface area contributed by atoms with E-state index in [9.17, 15) is 0 Å². The number of nitrogens with zero attached hydrogens (tertiary/aromatic N) is 2. The van der Waals surface area contributed by atoms with Gasteiger partial charge >= 0.3 is 0 Å². The Kier molecular flexibility index (Phi) is 5.79. The minimum atomic E-state index is 0.548. The number of aromatic nitrogens is 2. The minimum Gasteiger partial charge on any atom is -0.334 e. The first-order valence-corrected chi connectivity index (χ1v) is 6.89. The van der Waals surface area contributed by atoms with Crippen molar-refractivity contribution in [2.45, 2.75) is 39.4 Å². The van der Waals surface area contributed by atoms with Gasteiger partial charge in [0.1, 0.15) is 5.82 Å². The van der Waals surface area contributed by atoms with Crippen LogP contribution in [-0.4, -0.2) is 27.6 Å². The third-order valence-corrected chi connectivity index (χ3v) is 3.12. The molecule has 1 N–H and O–H groups in total. The van der Waals surface area contributed by atoms with Crippen molar-refractivity contribution in [2.75, 3.05) is 12.0 Å². The molecule has 0 radical (unpaired) electrons. The molecule has 0 spiro atoms. The van der Waals surface area contributed by atoms with Crippen LogP contribution in [-0.2, 0) is 13.1 Å². The third kappa shape index (κ3) is 4.26. The topological polar surface area (TPSA) is 29.9 Å². The summed E-state index contributed by atoms with van der Waals surface area (Å²) in [5.41, 5.74) is 0. The first-order chi connectivity index (χ1) is 7.27. The Balaban J connectivity index is 2.39. The molecule has 0 fully saturated rings. The van der Waals surface area contributed by atoms with E-state index in [0.717, 1.165) is 31.1 Å². The lowest BCUT2D eigenvalue weighted by Crippen LogP contribution is -2.28. The summed E-state index contributed by atoms with van der Waals surface area (Å²) in [6.07, 6.45) is 7.23. The lowest BCUT2D eigenvalue weighted by molar-refractivity contribution is 0.546. The molecule has 1 heterocycles. The highest BCUT2D eigenvalue weighted by Gasteiger charge is 2.04. The second-order valence-corrected chi connectivity index (χ2v) is 4.68. The van der Waals surface area contributed by atoms with E-state index in [2.05, 4.69) is 41.2 Å². The van der Waals surface area contributed by atoms with Gasteiger partial charge in [-0.25, -0.2) is 4.98 Å². The molecule has 0 saturated carbocycles. The summed E-state index contributed by atoms with van der Waals surface area (Å²) in [4.78, 5) is 4.36. The van der Waals surface area contributed by atoms with E-state index in [1.165, 1.54) is 0 Å². The number of hydrogen-bond acceptors (Lipinski definition) is 3. The van der Waals surface area contributed by atoms with Crippen molar-refractivity contribution in [2.24, 2.45) is 0 Å². The van der Waals surface area contributed by atoms with Gasteiger partial charge in [-0.2, -0.15) is 11.8 Å². The summed E-state index contributed by atoms with van der Waals surface area (Å²) in [5, 5.41) is 3.48. The van der Waals surface area contributed by atoms with Crippen molar-refractivity contribution in [3.05, 3.63) is 18.2 Å². The lowest BCUT2D eigenvalue weighted by atomic mass is 10.4. The fourth-order valence-electron chi connectivity index (χ4n) is 1.53. The number of hydrogen-bond donors (Lipinski definition) is 1. The van der Waals surface area contributed by atoms with Gasteiger partial charge in [0.05, 0.1) is 6.54 Å². The molecule has 0 aliphatic rings. The second kappa shape index (κ2) is 6.90. The molecule has 15 heavy (non-hydrogen) atoms. The average Bonchev–Trinajstić information content (AvgIpc) is 2.64. The van der Waals surface area contributed by atoms with Gasteiger partial charge in [0, 0.05) is 30.7 Å². The zero-order valence-corrected chi connectivity index (χ0v) is 10.7. The summed E-state index contributed by atoms with van der Waals surface area (Å²) >= 11 is 1.87. The van der Waals surface area contributed by atoms with Crippen LogP contribution in [0.4, 0.5) is 0 Å². The van der Waals surface area contributed by atoms with Gasteiger partial charge in [0.15, 0.2) is 0 Å². The zero-order valence-electron chi connectivity index (χ0n) is 9.86. The maximum absolute atomic E-state index is 4.36. The van der Waals surface area contributed by atoms with E-state index in [1.54, 1.807) is 0 Å². The van der Waals surface area contributed by atoms with Crippen LogP contribution >= 0.6 is 11.8 Å². The number of thioether (sulfide) groups is 1. The van der Waals surface area contributed by atoms with Gasteiger partial charge < -0.3 is 9.88 Å². The Morgan fingerprint density at radius 2 is 2.40 bits per heavy atom. The van der Waals surface area contributed by atoms with E-state index in [4.69, 9.17) is 0 Å². The van der Waals surface area contributed by atoms with Gasteiger partial charge in [-0.3, -0.25) is 0 Å². The average molecular weight is 227 g/mol. The summed E-state index contributed by atoms with van der Waals surface area (Å²) in [7, 11) is 0. The molecule has 3 nitrogen and oxygen atoms in total. The fraction of sp³-hybridized carbons (Fsp3) is 0.727. The van der Waals surface area contributed by atoms with Crippen LogP contribution in [0.25, 0.3) is 0 Å². The molecule has 0 bridgehead atoms. The van der Waals surface area contributed by atoms with E-state index >= 15 is 0 Å². The molecule has 0 amide bonds. The van der Waals surface area contributed by atoms with Crippen LogP contribution in [0.5, 0.6) is 0 Å². The van der Waals surface area contributed by atoms with Gasteiger partial charge in [0.2, 0.25) is 0 Å². The molecule has 0 aromatic carbocycles. The number of nitrogens with one attached hydrogen (secondary N) is 1. The normalized spacial score (nSPS) is 13.0. The van der Waals surface area contributed by atoms with Crippen LogP contribution in [0, 0.1) is 0 Å². The van der Waals surface area contributed by atoms with Crippen molar-refractivity contribution in [3.63, 3.8) is 0 Å². The quantitative estimate of drug-likeness (QED) is 0.774. The molecule has 0 aliphatic heterocycles. The summed E-state index contributed by atoms with van der Waals surface area (Å²) in [6, 6.07) is 0.548. The second-order valence-electron chi connectivity index (χ2n) is 3.77. The summed E-state index contributed by atoms with van der Waals surface area (Å²) in [6.45, 7) is 6.33. The predicted molar refractivity (Wildman–Crippen MR) is 67.2 cm³/mol. The Morgan fingerprint density at radius 3 is 3.07 bits per heavy atom. The van der Waals surface area contributed by atoms with Gasteiger partial charge in [-0.15, -0.1) is 0 Å². The molecule has 1 aromatic rings. The maximum Gasteiger partial charge on any atom is 0.122 e. The van der Waals surface area contributed by atoms with Gasteiger partial charge in [-0.1, -0.05) is 6.92 Å². The van der Waals surface area contributed by atoms with E-state index < -0.39 is 0 Å². The molecule has 1 unspecified atom stereocenters. The van der Waals surface area contributed by atoms with Crippen LogP contribution in [0.15, 0.2) is 12.4 Å². The highest BCUT2D eigenvalue weighted by molar-refractivity contribution is 7.98. The van der Waals surface area contributed by atoms with E-state index in [-0.39, 0.29) is 0 Å². The Bertz CT molecular complexity index is 273. The van der Waals surface area contributed by atoms with Crippen molar-refractivity contribution >= 4 is 11.8 Å². The van der Waals surface area contributed by atoms with E-state index in [0.29, 0.717) is 6.04 Å². The van der Waals surface area contributed by atoms with Gasteiger partial charge in [-0.05, 0) is 19.6 Å². The van der Waals surface area contributed by atoms with Crippen molar-refractivity contribution in [3.8, 4) is 0 Å². The third-order valence-electron chi connectivity index (χ3n) is 2.29. The van der Waals surface area contributed by atoms with Crippen LogP contribution in [0.1, 0.15) is 26.1 Å². The highest BCUT2D eigenvalue weighted by Crippen LogP contribution is 2.01.